The number of benzene rings is 1. The fourth-order valence-electron chi connectivity index (χ4n) is 2.14. The maximum absolute atomic E-state index is 12.0. The summed E-state index contributed by atoms with van der Waals surface area (Å²) in [6.07, 6.45) is 5.67. The van der Waals surface area contributed by atoms with Crippen LogP contribution in [0.15, 0.2) is 29.2 Å². The minimum Gasteiger partial charge on any atom is -0.352 e. The maximum Gasteiger partial charge on any atom is 0.251 e. The minimum atomic E-state index is -3.22. The molecule has 0 spiro atoms. The van der Waals surface area contributed by atoms with Crippen LogP contribution in [-0.4, -0.2) is 27.1 Å². The van der Waals surface area contributed by atoms with Gasteiger partial charge >= 0.3 is 0 Å². The number of unbranched alkanes of at least 4 members (excludes halogenated alkanes) is 1. The first-order valence-electron chi connectivity index (χ1n) is 7.46. The predicted octanol–water partition coefficient (Wildman–Crippen LogP) is 3.04. The Bertz CT molecular complexity index is 549. The molecule has 1 N–H and O–H groups in total. The smallest absolute Gasteiger partial charge is 0.251 e. The van der Waals surface area contributed by atoms with Crippen molar-refractivity contribution < 1.29 is 13.2 Å². The van der Waals surface area contributed by atoms with E-state index in [9.17, 15) is 13.2 Å². The molecule has 0 aliphatic carbocycles. The van der Waals surface area contributed by atoms with Gasteiger partial charge in [-0.2, -0.15) is 0 Å². The Morgan fingerprint density at radius 3 is 2.29 bits per heavy atom. The normalized spacial score (nSPS) is 12.9. The molecular weight excluding hydrogens is 286 g/mol. The molecule has 0 bridgehead atoms. The number of rotatable bonds is 8. The van der Waals surface area contributed by atoms with Gasteiger partial charge in [0.1, 0.15) is 0 Å². The molecule has 0 saturated heterocycles. The largest absolute Gasteiger partial charge is 0.352 e. The first kappa shape index (κ1) is 17.7. The van der Waals surface area contributed by atoms with Crippen LogP contribution in [-0.2, 0) is 9.84 Å². The van der Waals surface area contributed by atoms with Crippen molar-refractivity contribution in [1.82, 2.24) is 5.32 Å². The molecule has 0 saturated carbocycles. The molecule has 4 nitrogen and oxygen atoms in total. The zero-order valence-corrected chi connectivity index (χ0v) is 13.9. The average Bonchev–Trinajstić information content (AvgIpc) is 2.46. The van der Waals surface area contributed by atoms with Gasteiger partial charge in [-0.1, -0.05) is 33.1 Å². The van der Waals surface area contributed by atoms with E-state index >= 15 is 0 Å². The van der Waals surface area contributed by atoms with Gasteiger partial charge in [-0.05, 0) is 36.6 Å². The van der Waals surface area contributed by atoms with E-state index in [1.807, 2.05) is 0 Å². The Kier molecular flexibility index (Phi) is 6.89. The highest BCUT2D eigenvalue weighted by Crippen LogP contribution is 2.13. The number of nitrogens with one attached hydrogen (secondary N) is 1. The highest BCUT2D eigenvalue weighted by molar-refractivity contribution is 7.90. The molecule has 1 unspecified atom stereocenters. The molecule has 0 aliphatic heterocycles. The van der Waals surface area contributed by atoms with Crippen molar-refractivity contribution >= 4 is 15.7 Å². The van der Waals surface area contributed by atoms with Gasteiger partial charge in [-0.3, -0.25) is 4.79 Å². The summed E-state index contributed by atoms with van der Waals surface area (Å²) < 4.78 is 22.7. The average molecular weight is 311 g/mol. The summed E-state index contributed by atoms with van der Waals surface area (Å²) in [6.45, 7) is 4.96. The van der Waals surface area contributed by atoms with Crippen LogP contribution in [0.2, 0.25) is 0 Å². The molecular formula is C16H25NO3S. The molecule has 0 radical (unpaired) electrons. The van der Waals surface area contributed by atoms with E-state index in [1.54, 1.807) is 12.1 Å². The zero-order valence-electron chi connectivity index (χ0n) is 13.1. The molecule has 5 heteroatoms. The van der Waals surface area contributed by atoms with E-state index in [0.717, 1.165) is 25.5 Å². The van der Waals surface area contributed by atoms with Crippen LogP contribution in [0, 0.1) is 5.92 Å². The lowest BCUT2D eigenvalue weighted by Gasteiger charge is -2.15. The van der Waals surface area contributed by atoms with Crippen molar-refractivity contribution in [3.8, 4) is 0 Å². The molecule has 1 atom stereocenters. The van der Waals surface area contributed by atoms with Gasteiger partial charge < -0.3 is 5.32 Å². The first-order chi connectivity index (χ1) is 9.88. The van der Waals surface area contributed by atoms with E-state index in [2.05, 4.69) is 19.2 Å². The van der Waals surface area contributed by atoms with Crippen molar-refractivity contribution in [1.29, 1.82) is 0 Å². The lowest BCUT2D eigenvalue weighted by molar-refractivity contribution is 0.0945. The second-order valence-electron chi connectivity index (χ2n) is 5.42. The van der Waals surface area contributed by atoms with Gasteiger partial charge in [0, 0.05) is 18.4 Å². The van der Waals surface area contributed by atoms with Crippen LogP contribution in [0.3, 0.4) is 0 Å². The van der Waals surface area contributed by atoms with Crippen LogP contribution >= 0.6 is 0 Å². The summed E-state index contributed by atoms with van der Waals surface area (Å²) in [5.41, 5.74) is 0.493. The number of hydrogen-bond acceptors (Lipinski definition) is 3. The van der Waals surface area contributed by atoms with Gasteiger partial charge in [0.05, 0.1) is 4.90 Å². The third-order valence-electron chi connectivity index (χ3n) is 3.64. The summed E-state index contributed by atoms with van der Waals surface area (Å²) in [4.78, 5) is 12.3. The lowest BCUT2D eigenvalue weighted by Crippen LogP contribution is -2.29. The van der Waals surface area contributed by atoms with Crippen LogP contribution < -0.4 is 5.32 Å². The molecule has 0 fully saturated rings. The lowest BCUT2D eigenvalue weighted by atomic mass is 9.99. The zero-order chi connectivity index (χ0) is 15.9. The third-order valence-corrected chi connectivity index (χ3v) is 4.77. The Morgan fingerprint density at radius 1 is 1.19 bits per heavy atom. The number of carbonyl (C=O) groups excluding carboxylic acids is 1. The molecule has 21 heavy (non-hydrogen) atoms. The maximum atomic E-state index is 12.0. The van der Waals surface area contributed by atoms with Gasteiger partial charge in [0.25, 0.3) is 5.91 Å². The summed E-state index contributed by atoms with van der Waals surface area (Å²) in [5.74, 6) is 0.356. The first-order valence-corrected chi connectivity index (χ1v) is 9.36. The number of carbonyl (C=O) groups is 1. The van der Waals surface area contributed by atoms with Gasteiger partial charge in [-0.15, -0.1) is 0 Å². The third kappa shape index (κ3) is 5.87. The minimum absolute atomic E-state index is 0.148. The SMILES string of the molecule is CCCCC(CC)CNC(=O)c1ccc(S(C)(=O)=O)cc1. The van der Waals surface area contributed by atoms with Crippen LogP contribution in [0.1, 0.15) is 49.9 Å². The predicted molar refractivity (Wildman–Crippen MR) is 85.2 cm³/mol. The summed E-state index contributed by atoms with van der Waals surface area (Å²) in [6, 6.07) is 6.05. The Labute approximate surface area is 127 Å². The molecule has 1 aromatic rings. The van der Waals surface area contributed by atoms with E-state index in [0.29, 0.717) is 18.0 Å². The number of amides is 1. The highest BCUT2D eigenvalue weighted by Gasteiger charge is 2.11. The quantitative estimate of drug-likeness (QED) is 0.802. The second-order valence-corrected chi connectivity index (χ2v) is 7.44. The molecule has 1 aromatic carbocycles. The molecule has 118 valence electrons. The van der Waals surface area contributed by atoms with Crippen molar-refractivity contribution in [2.45, 2.75) is 44.4 Å². The molecule has 0 heterocycles. The fraction of sp³-hybridized carbons (Fsp3) is 0.562. The molecule has 1 amide bonds. The van der Waals surface area contributed by atoms with E-state index in [4.69, 9.17) is 0 Å². The van der Waals surface area contributed by atoms with Crippen molar-refractivity contribution in [2.75, 3.05) is 12.8 Å². The van der Waals surface area contributed by atoms with Gasteiger partial charge in [0.2, 0.25) is 0 Å². The second kappa shape index (κ2) is 8.17. The number of sulfone groups is 1. The monoisotopic (exact) mass is 311 g/mol. The van der Waals surface area contributed by atoms with Crippen LogP contribution in [0.5, 0.6) is 0 Å². The highest BCUT2D eigenvalue weighted by atomic mass is 32.2. The van der Waals surface area contributed by atoms with Crippen molar-refractivity contribution in [3.05, 3.63) is 29.8 Å². The topological polar surface area (TPSA) is 63.2 Å². The van der Waals surface area contributed by atoms with Crippen LogP contribution in [0.4, 0.5) is 0 Å². The summed E-state index contributed by atoms with van der Waals surface area (Å²) >= 11 is 0. The fourth-order valence-corrected chi connectivity index (χ4v) is 2.77. The molecule has 1 rings (SSSR count). The van der Waals surface area contributed by atoms with Gasteiger partial charge in [0.15, 0.2) is 9.84 Å². The Hall–Kier alpha value is -1.36. The standard InChI is InChI=1S/C16H25NO3S/c1-4-6-7-13(5-2)12-17-16(18)14-8-10-15(11-9-14)21(3,19)20/h8-11,13H,4-7,12H2,1-3H3,(H,17,18). The summed E-state index contributed by atoms with van der Waals surface area (Å²) in [7, 11) is -3.22. The molecule has 0 aromatic heterocycles. The van der Waals surface area contributed by atoms with E-state index < -0.39 is 9.84 Å². The van der Waals surface area contributed by atoms with E-state index in [-0.39, 0.29) is 10.8 Å². The summed E-state index contributed by atoms with van der Waals surface area (Å²) in [5, 5.41) is 2.93. The van der Waals surface area contributed by atoms with Crippen molar-refractivity contribution in [3.63, 3.8) is 0 Å². The van der Waals surface area contributed by atoms with Crippen molar-refractivity contribution in [2.24, 2.45) is 5.92 Å². The Morgan fingerprint density at radius 2 is 1.81 bits per heavy atom. The van der Waals surface area contributed by atoms with Crippen LogP contribution in [0.25, 0.3) is 0 Å². The molecule has 0 aliphatic rings. The van der Waals surface area contributed by atoms with E-state index in [1.165, 1.54) is 18.6 Å². The Balaban J connectivity index is 2.59. The number of hydrogen-bond donors (Lipinski definition) is 1. The van der Waals surface area contributed by atoms with Gasteiger partial charge in [-0.25, -0.2) is 8.42 Å².